The Morgan fingerprint density at radius 2 is 1.79 bits per heavy atom. The first kappa shape index (κ1) is 25.7. The van der Waals surface area contributed by atoms with E-state index >= 15 is 0 Å². The maximum atomic E-state index is 14.3. The largest absolute Gasteiger partial charge is 0.507 e. The number of para-hydroxylation sites is 1. The number of rotatable bonds is 8. The van der Waals surface area contributed by atoms with E-state index in [4.69, 9.17) is 9.47 Å². The van der Waals surface area contributed by atoms with Gasteiger partial charge in [0.2, 0.25) is 0 Å². The molecule has 9 heteroatoms. The van der Waals surface area contributed by atoms with Gasteiger partial charge in [0.05, 0.1) is 31.1 Å². The Balaban J connectivity index is 1.68. The summed E-state index contributed by atoms with van der Waals surface area (Å²) in [7, 11) is 0. The molecule has 2 amide bonds. The van der Waals surface area contributed by atoms with Crippen LogP contribution < -0.4 is 9.64 Å². The lowest BCUT2D eigenvalue weighted by Gasteiger charge is -2.36. The molecule has 38 heavy (non-hydrogen) atoms. The smallest absolute Gasteiger partial charge is 0.296 e. The number of aliphatic hydroxyl groups is 1. The fourth-order valence-electron chi connectivity index (χ4n) is 5.56. The molecule has 0 aliphatic carbocycles. The highest BCUT2D eigenvalue weighted by Crippen LogP contribution is 2.53. The van der Waals surface area contributed by atoms with Gasteiger partial charge in [-0.3, -0.25) is 19.3 Å². The number of likely N-dealkylation sites (tertiary alicyclic amines) is 1. The van der Waals surface area contributed by atoms with Gasteiger partial charge in [0.15, 0.2) is 5.54 Å². The molecule has 5 rings (SSSR count). The zero-order valence-electron chi connectivity index (χ0n) is 21.4. The van der Waals surface area contributed by atoms with E-state index in [-0.39, 0.29) is 18.7 Å². The summed E-state index contributed by atoms with van der Waals surface area (Å²) in [5.41, 5.74) is -0.638. The topological polar surface area (TPSA) is 99.6 Å². The van der Waals surface area contributed by atoms with Gasteiger partial charge in [-0.05, 0) is 37.3 Å². The van der Waals surface area contributed by atoms with E-state index in [1.807, 2.05) is 6.92 Å². The van der Waals surface area contributed by atoms with Crippen molar-refractivity contribution >= 4 is 29.0 Å². The molecule has 2 aromatic rings. The van der Waals surface area contributed by atoms with Crippen molar-refractivity contribution in [2.75, 3.05) is 57.4 Å². The number of fused-ring (bicyclic) bond motifs is 2. The average Bonchev–Trinajstić information content (AvgIpc) is 3.31. The van der Waals surface area contributed by atoms with Crippen molar-refractivity contribution in [2.45, 2.75) is 12.5 Å². The number of anilines is 1. The Labute approximate surface area is 221 Å². The fourth-order valence-corrected chi connectivity index (χ4v) is 5.56. The molecule has 0 saturated carbocycles. The van der Waals surface area contributed by atoms with E-state index in [9.17, 15) is 19.5 Å². The van der Waals surface area contributed by atoms with Gasteiger partial charge in [-0.1, -0.05) is 24.3 Å². The van der Waals surface area contributed by atoms with Gasteiger partial charge in [-0.15, -0.1) is 6.58 Å². The van der Waals surface area contributed by atoms with E-state index in [0.717, 1.165) is 0 Å². The Hall–Kier alpha value is -3.95. The summed E-state index contributed by atoms with van der Waals surface area (Å²) in [6.45, 7) is 9.45. The summed E-state index contributed by atoms with van der Waals surface area (Å²) in [4.78, 5) is 46.6. The third-order valence-electron chi connectivity index (χ3n) is 7.30. The van der Waals surface area contributed by atoms with Gasteiger partial charge in [0, 0.05) is 43.9 Å². The second kappa shape index (κ2) is 10.4. The molecule has 0 radical (unpaired) electrons. The highest BCUT2D eigenvalue weighted by atomic mass is 16.5. The predicted octanol–water partition coefficient (Wildman–Crippen LogP) is 2.53. The molecule has 1 N–H and O–H groups in total. The van der Waals surface area contributed by atoms with Crippen LogP contribution in [0.4, 0.5) is 5.69 Å². The standard InChI is InChI=1S/C29H31N3O6/c1-3-13-31-23-8-6-5-7-22(23)29(28(31)36)24(25(33)20-9-11-21(12-10-20)38-4-2)26(34)27(35)32(29)15-14-30-16-18-37-19-17-30/h3,5-12,33H,1,4,13-19H2,2H3/b25-24+. The van der Waals surface area contributed by atoms with Crippen LogP contribution in [0.3, 0.4) is 0 Å². The van der Waals surface area contributed by atoms with E-state index in [1.54, 1.807) is 54.6 Å². The molecule has 0 bridgehead atoms. The van der Waals surface area contributed by atoms with Crippen molar-refractivity contribution < 1.29 is 29.0 Å². The summed E-state index contributed by atoms with van der Waals surface area (Å²) in [6.07, 6.45) is 1.60. The quantitative estimate of drug-likeness (QED) is 0.249. The normalized spacial score (nSPS) is 22.8. The second-order valence-corrected chi connectivity index (χ2v) is 9.35. The predicted molar refractivity (Wildman–Crippen MR) is 142 cm³/mol. The monoisotopic (exact) mass is 517 g/mol. The van der Waals surface area contributed by atoms with Crippen molar-refractivity contribution in [1.29, 1.82) is 0 Å². The number of Topliss-reactive ketones (excluding diaryl/α,β-unsaturated/α-hetero) is 1. The molecule has 3 heterocycles. The molecule has 198 valence electrons. The number of benzene rings is 2. The maximum Gasteiger partial charge on any atom is 0.296 e. The Morgan fingerprint density at radius 1 is 1.08 bits per heavy atom. The second-order valence-electron chi connectivity index (χ2n) is 9.35. The minimum absolute atomic E-state index is 0.132. The molecular formula is C29H31N3O6. The Kier molecular flexibility index (Phi) is 7.05. The zero-order valence-corrected chi connectivity index (χ0v) is 21.4. The highest BCUT2D eigenvalue weighted by Gasteiger charge is 2.66. The number of carbonyl (C=O) groups is 3. The lowest BCUT2D eigenvalue weighted by molar-refractivity contribution is -0.144. The van der Waals surface area contributed by atoms with Crippen LogP contribution in [-0.2, 0) is 24.7 Å². The van der Waals surface area contributed by atoms with Crippen molar-refractivity contribution in [3.63, 3.8) is 0 Å². The summed E-state index contributed by atoms with van der Waals surface area (Å²) in [5, 5.41) is 11.6. The summed E-state index contributed by atoms with van der Waals surface area (Å²) in [6, 6.07) is 13.7. The number of ether oxygens (including phenoxy) is 2. The molecule has 2 saturated heterocycles. The highest BCUT2D eigenvalue weighted by molar-refractivity contribution is 6.50. The van der Waals surface area contributed by atoms with E-state index in [0.29, 0.717) is 62.0 Å². The summed E-state index contributed by atoms with van der Waals surface area (Å²) >= 11 is 0. The third-order valence-corrected chi connectivity index (χ3v) is 7.30. The van der Waals surface area contributed by atoms with Crippen LogP contribution in [0.5, 0.6) is 5.75 Å². The number of morpholine rings is 1. The van der Waals surface area contributed by atoms with Gasteiger partial charge in [-0.25, -0.2) is 0 Å². The number of aliphatic hydroxyl groups excluding tert-OH is 1. The van der Waals surface area contributed by atoms with Crippen molar-refractivity contribution in [1.82, 2.24) is 9.80 Å². The summed E-state index contributed by atoms with van der Waals surface area (Å²) in [5.74, 6) is -1.96. The number of hydrogen-bond acceptors (Lipinski definition) is 7. The Bertz CT molecular complexity index is 1300. The molecule has 1 atom stereocenters. The molecule has 1 unspecified atom stereocenters. The van der Waals surface area contributed by atoms with Crippen LogP contribution in [0.25, 0.3) is 5.76 Å². The Morgan fingerprint density at radius 3 is 2.47 bits per heavy atom. The van der Waals surface area contributed by atoms with Crippen LogP contribution in [-0.4, -0.2) is 85.0 Å². The summed E-state index contributed by atoms with van der Waals surface area (Å²) < 4.78 is 10.9. The van der Waals surface area contributed by atoms with E-state index in [1.165, 1.54) is 9.80 Å². The number of ketones is 1. The minimum atomic E-state index is -1.79. The number of nitrogens with zero attached hydrogens (tertiary/aromatic N) is 3. The number of amides is 2. The van der Waals surface area contributed by atoms with E-state index < -0.39 is 28.9 Å². The lowest BCUT2D eigenvalue weighted by Crippen LogP contribution is -2.54. The molecule has 9 nitrogen and oxygen atoms in total. The molecule has 3 aliphatic rings. The first-order chi connectivity index (χ1) is 18.4. The average molecular weight is 518 g/mol. The van der Waals surface area contributed by atoms with Crippen molar-refractivity contribution in [3.05, 3.63) is 77.9 Å². The maximum absolute atomic E-state index is 14.3. The van der Waals surface area contributed by atoms with Crippen LogP contribution in [0, 0.1) is 0 Å². The molecule has 2 fully saturated rings. The molecule has 1 spiro atoms. The van der Waals surface area contributed by atoms with Crippen LogP contribution in [0.2, 0.25) is 0 Å². The van der Waals surface area contributed by atoms with Crippen LogP contribution in [0.1, 0.15) is 18.1 Å². The first-order valence-electron chi connectivity index (χ1n) is 12.8. The molecule has 0 aromatic heterocycles. The molecule has 3 aliphatic heterocycles. The molecular weight excluding hydrogens is 486 g/mol. The fraction of sp³-hybridized carbons (Fsp3) is 0.345. The minimum Gasteiger partial charge on any atom is -0.507 e. The first-order valence-corrected chi connectivity index (χ1v) is 12.8. The van der Waals surface area contributed by atoms with Gasteiger partial charge in [0.25, 0.3) is 17.6 Å². The van der Waals surface area contributed by atoms with Gasteiger partial charge < -0.3 is 24.4 Å². The number of hydrogen-bond donors (Lipinski definition) is 1. The number of carbonyl (C=O) groups excluding carboxylic acids is 3. The lowest BCUT2D eigenvalue weighted by atomic mass is 9.82. The van der Waals surface area contributed by atoms with Crippen LogP contribution in [0.15, 0.2) is 66.8 Å². The van der Waals surface area contributed by atoms with Crippen molar-refractivity contribution in [3.8, 4) is 5.75 Å². The zero-order chi connectivity index (χ0) is 26.9. The van der Waals surface area contributed by atoms with Gasteiger partial charge >= 0.3 is 0 Å². The van der Waals surface area contributed by atoms with Crippen LogP contribution >= 0.6 is 0 Å². The van der Waals surface area contributed by atoms with Crippen molar-refractivity contribution in [2.24, 2.45) is 0 Å². The van der Waals surface area contributed by atoms with Gasteiger partial charge in [0.1, 0.15) is 11.5 Å². The SMILES string of the molecule is C=CCN1C(=O)C2(/C(=C(/O)c3ccc(OCC)cc3)C(=O)C(=O)N2CCN2CCOCC2)c2ccccc21. The van der Waals surface area contributed by atoms with Gasteiger partial charge in [-0.2, -0.15) is 0 Å². The van der Waals surface area contributed by atoms with E-state index in [2.05, 4.69) is 11.5 Å². The third kappa shape index (κ3) is 3.99. The molecule has 2 aromatic carbocycles.